The third-order valence-electron chi connectivity index (χ3n) is 4.15. The maximum Gasteiger partial charge on any atom is 0.152 e. The van der Waals surface area contributed by atoms with Gasteiger partial charge in [0.25, 0.3) is 0 Å². The molecule has 1 atom stereocenters. The number of rotatable bonds is 15. The summed E-state index contributed by atoms with van der Waals surface area (Å²) in [6, 6.07) is 0. The molecule has 0 amide bonds. The van der Waals surface area contributed by atoms with Crippen molar-refractivity contribution in [1.29, 1.82) is 0 Å². The third-order valence-corrected chi connectivity index (χ3v) is 6.23. The molecule has 0 bridgehead atoms. The maximum atomic E-state index is 11.6. The fourth-order valence-electron chi connectivity index (χ4n) is 2.52. The smallest absolute Gasteiger partial charge is 0.152 e. The Kier molecular flexibility index (Phi) is 13.6. The van der Waals surface area contributed by atoms with Gasteiger partial charge in [0.1, 0.15) is 0 Å². The second-order valence-corrected chi connectivity index (χ2v) is 8.96. The van der Waals surface area contributed by atoms with Crippen LogP contribution in [0.5, 0.6) is 0 Å². The lowest BCUT2D eigenvalue weighted by atomic mass is 10.1. The minimum Gasteiger partial charge on any atom is -0.229 e. The van der Waals surface area contributed by atoms with Crippen molar-refractivity contribution in [1.82, 2.24) is 0 Å². The molecule has 0 fully saturated rings. The Labute approximate surface area is 134 Å². The average molecular weight is 318 g/mol. The van der Waals surface area contributed by atoms with Crippen LogP contribution in [0.1, 0.15) is 97.3 Å². The Hall–Kier alpha value is -0.0500. The molecule has 0 aliphatic rings. The molecule has 127 valence electrons. The summed E-state index contributed by atoms with van der Waals surface area (Å²) in [5.74, 6) is 0.315. The fourth-order valence-corrected chi connectivity index (χ4v) is 3.53. The van der Waals surface area contributed by atoms with E-state index >= 15 is 0 Å². The van der Waals surface area contributed by atoms with Crippen molar-refractivity contribution in [3.63, 3.8) is 0 Å². The molecule has 0 aromatic heterocycles. The maximum absolute atomic E-state index is 11.6. The first kappa shape index (κ1) is 20.9. The Balaban J connectivity index is 3.20. The quantitative estimate of drug-likeness (QED) is 0.362. The van der Waals surface area contributed by atoms with Gasteiger partial charge in [0.05, 0.1) is 11.0 Å². The van der Waals surface area contributed by atoms with Crippen LogP contribution < -0.4 is 0 Å². The zero-order valence-electron chi connectivity index (χ0n) is 14.4. The molecule has 3 heteroatoms. The molecule has 21 heavy (non-hydrogen) atoms. The van der Waals surface area contributed by atoms with Crippen LogP contribution in [0.4, 0.5) is 0 Å². The lowest BCUT2D eigenvalue weighted by molar-refractivity contribution is 0.541. The van der Waals surface area contributed by atoms with Crippen LogP contribution in [0, 0.1) is 6.92 Å². The molecule has 0 aliphatic heterocycles. The van der Waals surface area contributed by atoms with Crippen LogP contribution in [0.3, 0.4) is 0 Å². The van der Waals surface area contributed by atoms with Crippen molar-refractivity contribution in [2.75, 3.05) is 5.75 Å². The van der Waals surface area contributed by atoms with Crippen molar-refractivity contribution in [2.45, 2.75) is 103 Å². The molecule has 2 nitrogen and oxygen atoms in total. The van der Waals surface area contributed by atoms with E-state index in [2.05, 4.69) is 13.8 Å². The SMILES string of the molecule is [CH2]C(C)S(=O)(=O)CCCCCCCCCCCCCCC. The van der Waals surface area contributed by atoms with Crippen molar-refractivity contribution >= 4 is 9.84 Å². The van der Waals surface area contributed by atoms with Gasteiger partial charge in [-0.25, -0.2) is 8.42 Å². The summed E-state index contributed by atoms with van der Waals surface area (Å²) >= 11 is 0. The zero-order chi connectivity index (χ0) is 16.0. The molecule has 0 N–H and O–H groups in total. The summed E-state index contributed by atoms with van der Waals surface area (Å²) in [4.78, 5) is 0. The Morgan fingerprint density at radius 2 is 1.05 bits per heavy atom. The minimum atomic E-state index is -2.92. The number of hydrogen-bond acceptors (Lipinski definition) is 2. The van der Waals surface area contributed by atoms with E-state index in [-0.39, 0.29) is 0 Å². The van der Waals surface area contributed by atoms with Gasteiger partial charge in [-0.2, -0.15) is 0 Å². The molecule has 0 saturated heterocycles. The molecular weight excluding hydrogens is 280 g/mol. The van der Waals surface area contributed by atoms with Crippen LogP contribution in [0.25, 0.3) is 0 Å². The van der Waals surface area contributed by atoms with Gasteiger partial charge >= 0.3 is 0 Å². The van der Waals surface area contributed by atoms with E-state index in [4.69, 9.17) is 0 Å². The molecule has 0 aliphatic carbocycles. The van der Waals surface area contributed by atoms with Crippen molar-refractivity contribution in [2.24, 2.45) is 0 Å². The van der Waals surface area contributed by atoms with Gasteiger partial charge in [0.15, 0.2) is 9.84 Å². The first-order valence-electron chi connectivity index (χ1n) is 9.05. The Morgan fingerprint density at radius 1 is 0.714 bits per heavy atom. The summed E-state index contributed by atoms with van der Waals surface area (Å²) in [7, 11) is -2.92. The van der Waals surface area contributed by atoms with Gasteiger partial charge in [-0.05, 0) is 20.3 Å². The second-order valence-electron chi connectivity index (χ2n) is 6.42. The molecule has 0 aromatic carbocycles. The third kappa shape index (κ3) is 13.3. The van der Waals surface area contributed by atoms with E-state index < -0.39 is 15.1 Å². The summed E-state index contributed by atoms with van der Waals surface area (Å²) in [5, 5.41) is -0.463. The van der Waals surface area contributed by atoms with E-state index in [1.54, 1.807) is 6.92 Å². The lowest BCUT2D eigenvalue weighted by Gasteiger charge is -2.07. The molecule has 0 aromatic rings. The first-order chi connectivity index (χ1) is 10.0. The molecule has 1 unspecified atom stereocenters. The van der Waals surface area contributed by atoms with Crippen LogP contribution in [-0.4, -0.2) is 19.4 Å². The highest BCUT2D eigenvalue weighted by Gasteiger charge is 2.14. The van der Waals surface area contributed by atoms with Gasteiger partial charge in [-0.1, -0.05) is 84.0 Å². The van der Waals surface area contributed by atoms with Crippen molar-refractivity contribution < 1.29 is 8.42 Å². The largest absolute Gasteiger partial charge is 0.229 e. The number of sulfone groups is 1. The molecule has 0 spiro atoms. The van der Waals surface area contributed by atoms with Crippen LogP contribution in [-0.2, 0) is 9.84 Å². The van der Waals surface area contributed by atoms with E-state index in [1.165, 1.54) is 70.6 Å². The Bertz CT molecular complexity index is 307. The molecule has 1 radical (unpaired) electrons. The van der Waals surface area contributed by atoms with E-state index in [0.717, 1.165) is 12.8 Å². The van der Waals surface area contributed by atoms with Gasteiger partial charge in [0, 0.05) is 0 Å². The first-order valence-corrected chi connectivity index (χ1v) is 10.8. The normalized spacial score (nSPS) is 12.2. The van der Waals surface area contributed by atoms with Crippen LogP contribution in [0.15, 0.2) is 0 Å². The lowest BCUT2D eigenvalue weighted by Crippen LogP contribution is -2.17. The van der Waals surface area contributed by atoms with E-state index in [1.807, 2.05) is 0 Å². The average Bonchev–Trinajstić information content (AvgIpc) is 2.43. The Morgan fingerprint density at radius 3 is 1.38 bits per heavy atom. The molecule has 0 rings (SSSR count). The predicted molar refractivity (Wildman–Crippen MR) is 94.3 cm³/mol. The number of unbranched alkanes of at least 4 members (excludes halogenated alkanes) is 12. The fraction of sp³-hybridized carbons (Fsp3) is 0.944. The summed E-state index contributed by atoms with van der Waals surface area (Å²) in [6.07, 6.45) is 16.7. The number of hydrogen-bond donors (Lipinski definition) is 0. The summed E-state index contributed by atoms with van der Waals surface area (Å²) < 4.78 is 23.1. The zero-order valence-corrected chi connectivity index (χ0v) is 15.2. The van der Waals surface area contributed by atoms with Crippen LogP contribution in [0.2, 0.25) is 0 Å². The summed E-state index contributed by atoms with van der Waals surface area (Å²) in [6.45, 7) is 7.53. The highest BCUT2D eigenvalue weighted by atomic mass is 32.2. The second kappa shape index (κ2) is 13.6. The van der Waals surface area contributed by atoms with Crippen LogP contribution >= 0.6 is 0 Å². The minimum absolute atomic E-state index is 0.315. The summed E-state index contributed by atoms with van der Waals surface area (Å²) in [5.41, 5.74) is 0. The molecule has 0 heterocycles. The van der Waals surface area contributed by atoms with E-state index in [0.29, 0.717) is 5.75 Å². The standard InChI is InChI=1S/C18H37O2S/c1-4-5-6-7-8-9-10-11-12-13-14-15-16-17-21(19,20)18(2)3/h18H,2,4-17H2,1,3H3. The van der Waals surface area contributed by atoms with Gasteiger partial charge in [-0.15, -0.1) is 0 Å². The van der Waals surface area contributed by atoms with Gasteiger partial charge < -0.3 is 0 Å². The topological polar surface area (TPSA) is 34.1 Å². The highest BCUT2D eigenvalue weighted by molar-refractivity contribution is 7.92. The molecular formula is C18H37O2S. The van der Waals surface area contributed by atoms with E-state index in [9.17, 15) is 8.42 Å². The predicted octanol–water partition coefficient (Wildman–Crippen LogP) is 5.71. The van der Waals surface area contributed by atoms with Crippen molar-refractivity contribution in [3.05, 3.63) is 6.92 Å². The van der Waals surface area contributed by atoms with Gasteiger partial charge in [-0.3, -0.25) is 0 Å². The van der Waals surface area contributed by atoms with Gasteiger partial charge in [0.2, 0.25) is 0 Å². The van der Waals surface area contributed by atoms with Crippen molar-refractivity contribution in [3.8, 4) is 0 Å². The monoisotopic (exact) mass is 317 g/mol. The molecule has 0 saturated carbocycles. The highest BCUT2D eigenvalue weighted by Crippen LogP contribution is 2.13.